The van der Waals surface area contributed by atoms with Crippen LogP contribution in [0.3, 0.4) is 0 Å². The van der Waals surface area contributed by atoms with Gasteiger partial charge in [-0.1, -0.05) is 38.8 Å². The van der Waals surface area contributed by atoms with Crippen molar-refractivity contribution in [2.75, 3.05) is 0 Å². The van der Waals surface area contributed by atoms with Crippen molar-refractivity contribution in [3.8, 4) is 0 Å². The van der Waals surface area contributed by atoms with E-state index in [1.165, 1.54) is 37.7 Å². The van der Waals surface area contributed by atoms with Crippen molar-refractivity contribution in [1.82, 2.24) is 0 Å². The first-order valence-electron chi connectivity index (χ1n) is 4.93. The summed E-state index contributed by atoms with van der Waals surface area (Å²) in [5, 5.41) is 0. The topological polar surface area (TPSA) is 0 Å². The van der Waals surface area contributed by atoms with E-state index in [2.05, 4.69) is 20.4 Å². The molecule has 0 aromatic rings. The second-order valence-electron chi connectivity index (χ2n) is 3.89. The van der Waals surface area contributed by atoms with Gasteiger partial charge in [0.2, 0.25) is 0 Å². The van der Waals surface area contributed by atoms with E-state index in [0.717, 1.165) is 11.8 Å². The van der Waals surface area contributed by atoms with E-state index in [-0.39, 0.29) is 0 Å². The molecule has 1 aliphatic rings. The van der Waals surface area contributed by atoms with Gasteiger partial charge in [-0.15, -0.1) is 0 Å². The van der Waals surface area contributed by atoms with Crippen LogP contribution in [0.1, 0.15) is 46.0 Å². The quantitative estimate of drug-likeness (QED) is 0.528. The van der Waals surface area contributed by atoms with Crippen molar-refractivity contribution in [2.24, 2.45) is 11.8 Å². The second kappa shape index (κ2) is 3.94. The summed E-state index contributed by atoms with van der Waals surface area (Å²) in [6, 6.07) is 0. The normalized spacial score (nSPS) is 32.4. The Labute approximate surface area is 70.7 Å². The van der Waals surface area contributed by atoms with E-state index in [4.69, 9.17) is 0 Å². The molecule has 0 saturated heterocycles. The predicted molar refractivity (Wildman–Crippen MR) is 50.6 cm³/mol. The van der Waals surface area contributed by atoms with Crippen LogP contribution in [0.25, 0.3) is 0 Å². The van der Waals surface area contributed by atoms with Gasteiger partial charge in [-0.05, 0) is 31.1 Å². The van der Waals surface area contributed by atoms with Gasteiger partial charge in [0, 0.05) is 0 Å². The zero-order valence-electron chi connectivity index (χ0n) is 7.90. The molecule has 2 atom stereocenters. The molecule has 0 N–H and O–H groups in total. The fraction of sp³-hybridized carbons (Fsp3) is 0.818. The second-order valence-corrected chi connectivity index (χ2v) is 3.89. The molecule has 0 heteroatoms. The van der Waals surface area contributed by atoms with Gasteiger partial charge in [-0.3, -0.25) is 0 Å². The van der Waals surface area contributed by atoms with Crippen LogP contribution >= 0.6 is 0 Å². The lowest BCUT2D eigenvalue weighted by atomic mass is 9.75. The molecule has 2 unspecified atom stereocenters. The highest BCUT2D eigenvalue weighted by Gasteiger charge is 2.22. The molecule has 0 bridgehead atoms. The molecule has 0 radical (unpaired) electrons. The number of hydrogen-bond acceptors (Lipinski definition) is 0. The molecule has 0 aliphatic heterocycles. The fourth-order valence-corrected chi connectivity index (χ4v) is 2.17. The summed E-state index contributed by atoms with van der Waals surface area (Å²) in [6.45, 7) is 8.76. The van der Waals surface area contributed by atoms with E-state index in [1.54, 1.807) is 0 Å². The van der Waals surface area contributed by atoms with E-state index < -0.39 is 0 Å². The fourth-order valence-electron chi connectivity index (χ4n) is 2.17. The Morgan fingerprint density at radius 2 is 2.27 bits per heavy atom. The van der Waals surface area contributed by atoms with Crippen molar-refractivity contribution in [3.63, 3.8) is 0 Å². The number of hydrogen-bond donors (Lipinski definition) is 0. The Kier molecular flexibility index (Phi) is 3.16. The highest BCUT2D eigenvalue weighted by atomic mass is 14.3. The van der Waals surface area contributed by atoms with Crippen LogP contribution in [0.4, 0.5) is 0 Å². The van der Waals surface area contributed by atoms with Crippen LogP contribution < -0.4 is 0 Å². The summed E-state index contributed by atoms with van der Waals surface area (Å²) >= 11 is 0. The highest BCUT2D eigenvalue weighted by Crippen LogP contribution is 2.35. The van der Waals surface area contributed by atoms with Gasteiger partial charge in [-0.2, -0.15) is 0 Å². The zero-order chi connectivity index (χ0) is 8.27. The van der Waals surface area contributed by atoms with Gasteiger partial charge in [-0.25, -0.2) is 0 Å². The van der Waals surface area contributed by atoms with Gasteiger partial charge < -0.3 is 0 Å². The Morgan fingerprint density at radius 1 is 1.55 bits per heavy atom. The third kappa shape index (κ3) is 2.08. The minimum atomic E-state index is 0.795. The van der Waals surface area contributed by atoms with Crippen LogP contribution in [-0.4, -0.2) is 0 Å². The summed E-state index contributed by atoms with van der Waals surface area (Å²) < 4.78 is 0. The Hall–Kier alpha value is -0.260. The summed E-state index contributed by atoms with van der Waals surface area (Å²) in [4.78, 5) is 0. The average Bonchev–Trinajstić information content (AvgIpc) is 1.99. The van der Waals surface area contributed by atoms with Gasteiger partial charge >= 0.3 is 0 Å². The summed E-state index contributed by atoms with van der Waals surface area (Å²) in [5.74, 6) is 1.74. The number of rotatable bonds is 2. The molecule has 1 fully saturated rings. The van der Waals surface area contributed by atoms with Crippen molar-refractivity contribution in [1.29, 1.82) is 0 Å². The minimum absolute atomic E-state index is 0.795. The lowest BCUT2D eigenvalue weighted by Crippen LogP contribution is -2.18. The molecular formula is C11H20. The first-order chi connectivity index (χ1) is 5.25. The molecule has 1 aliphatic carbocycles. The molecule has 0 aromatic heterocycles. The van der Waals surface area contributed by atoms with Gasteiger partial charge in [0.1, 0.15) is 0 Å². The molecule has 0 nitrogen and oxygen atoms in total. The van der Waals surface area contributed by atoms with Crippen LogP contribution in [0, 0.1) is 11.8 Å². The first-order valence-corrected chi connectivity index (χ1v) is 4.93. The Bertz CT molecular complexity index is 133. The van der Waals surface area contributed by atoms with E-state index in [1.807, 2.05) is 0 Å². The first kappa shape index (κ1) is 8.83. The monoisotopic (exact) mass is 152 g/mol. The number of allylic oxidation sites excluding steroid dienone is 1. The van der Waals surface area contributed by atoms with E-state index in [0.29, 0.717) is 0 Å². The summed E-state index contributed by atoms with van der Waals surface area (Å²) in [7, 11) is 0. The summed E-state index contributed by atoms with van der Waals surface area (Å²) in [6.07, 6.45) is 6.84. The highest BCUT2D eigenvalue weighted by molar-refractivity contribution is 5.04. The van der Waals surface area contributed by atoms with Crippen molar-refractivity contribution >= 4 is 0 Å². The van der Waals surface area contributed by atoms with Crippen molar-refractivity contribution in [2.45, 2.75) is 46.0 Å². The van der Waals surface area contributed by atoms with Crippen molar-refractivity contribution in [3.05, 3.63) is 12.2 Å². The van der Waals surface area contributed by atoms with E-state index in [9.17, 15) is 0 Å². The Morgan fingerprint density at radius 3 is 2.91 bits per heavy atom. The Balaban J connectivity index is 2.44. The molecule has 1 rings (SSSR count). The van der Waals surface area contributed by atoms with E-state index >= 15 is 0 Å². The maximum absolute atomic E-state index is 4.13. The van der Waals surface area contributed by atoms with Gasteiger partial charge in [0.15, 0.2) is 0 Å². The maximum Gasteiger partial charge on any atom is -0.0206 e. The van der Waals surface area contributed by atoms with Crippen LogP contribution in [0.5, 0.6) is 0 Å². The largest absolute Gasteiger partial charge is 0.0996 e. The summed E-state index contributed by atoms with van der Waals surface area (Å²) in [5.41, 5.74) is 1.50. The van der Waals surface area contributed by atoms with Gasteiger partial charge in [0.05, 0.1) is 0 Å². The molecule has 11 heavy (non-hydrogen) atoms. The third-order valence-corrected chi connectivity index (χ3v) is 3.08. The van der Waals surface area contributed by atoms with Crippen LogP contribution in [-0.2, 0) is 0 Å². The minimum Gasteiger partial charge on any atom is -0.0996 e. The van der Waals surface area contributed by atoms with Crippen LogP contribution in [0.15, 0.2) is 12.2 Å². The molecule has 0 aromatic carbocycles. The zero-order valence-corrected chi connectivity index (χ0v) is 7.90. The molecular weight excluding hydrogens is 132 g/mol. The molecule has 0 spiro atoms. The average molecular weight is 152 g/mol. The van der Waals surface area contributed by atoms with Crippen molar-refractivity contribution < 1.29 is 0 Å². The third-order valence-electron chi connectivity index (χ3n) is 3.08. The lowest BCUT2D eigenvalue weighted by Gasteiger charge is -2.30. The van der Waals surface area contributed by atoms with Crippen LogP contribution in [0.2, 0.25) is 0 Å². The maximum atomic E-state index is 4.13. The van der Waals surface area contributed by atoms with Gasteiger partial charge in [0.25, 0.3) is 0 Å². The SMILES string of the molecule is C=C1CCCC(CCC)C1C. The molecule has 1 saturated carbocycles. The predicted octanol–water partition coefficient (Wildman–Crippen LogP) is 3.78. The standard InChI is InChI=1S/C11H20/c1-4-6-11-8-5-7-9(2)10(11)3/h10-11H,2,4-8H2,1,3H3. The smallest absolute Gasteiger partial charge is 0.0206 e. The molecule has 0 amide bonds. The molecule has 0 heterocycles. The lowest BCUT2D eigenvalue weighted by molar-refractivity contribution is 0.302. The molecule has 64 valence electrons.